The maximum absolute atomic E-state index is 3.71. The first-order valence-electron chi connectivity index (χ1n) is 4.83. The van der Waals surface area contributed by atoms with E-state index in [1.165, 1.54) is 0 Å². The number of alkyl halides is 1. The van der Waals surface area contributed by atoms with E-state index in [0.29, 0.717) is 15.7 Å². The van der Waals surface area contributed by atoms with Crippen molar-refractivity contribution in [3.8, 4) is 0 Å². The summed E-state index contributed by atoms with van der Waals surface area (Å²) in [7, 11) is 0. The maximum Gasteiger partial charge on any atom is 0.0154 e. The predicted octanol–water partition coefficient (Wildman–Crippen LogP) is 4.09. The van der Waals surface area contributed by atoms with Gasteiger partial charge in [0.1, 0.15) is 0 Å². The van der Waals surface area contributed by atoms with E-state index in [9.17, 15) is 0 Å². The van der Waals surface area contributed by atoms with E-state index in [1.54, 1.807) is 0 Å². The first kappa shape index (κ1) is 10.6. The number of hydrogen-bond donors (Lipinski definition) is 0. The highest BCUT2D eigenvalue weighted by molar-refractivity contribution is 9.09. The zero-order valence-electron chi connectivity index (χ0n) is 9.11. The molecule has 3 atom stereocenters. The van der Waals surface area contributed by atoms with Crippen molar-refractivity contribution in [1.82, 2.24) is 0 Å². The van der Waals surface area contributed by atoms with Gasteiger partial charge in [0.25, 0.3) is 0 Å². The largest absolute Gasteiger partial charge is 0.0890 e. The molecule has 1 aliphatic rings. The number of hydrogen-bond acceptors (Lipinski definition) is 0. The molecule has 0 saturated heterocycles. The van der Waals surface area contributed by atoms with Gasteiger partial charge in [-0.25, -0.2) is 0 Å². The van der Waals surface area contributed by atoms with Crippen LogP contribution >= 0.6 is 15.9 Å². The Labute approximate surface area is 85.3 Å². The van der Waals surface area contributed by atoms with Crippen LogP contribution < -0.4 is 0 Å². The molecule has 1 aliphatic carbocycles. The fourth-order valence-electron chi connectivity index (χ4n) is 3.19. The van der Waals surface area contributed by atoms with Gasteiger partial charge < -0.3 is 0 Å². The average Bonchev–Trinajstić information content (AvgIpc) is 2.31. The molecule has 3 unspecified atom stereocenters. The lowest BCUT2D eigenvalue weighted by Gasteiger charge is -2.20. The summed E-state index contributed by atoms with van der Waals surface area (Å²) in [6.45, 7) is 14.1. The Morgan fingerprint density at radius 2 is 1.67 bits per heavy atom. The molecule has 12 heavy (non-hydrogen) atoms. The Morgan fingerprint density at radius 3 is 1.75 bits per heavy atom. The molecule has 0 bridgehead atoms. The maximum atomic E-state index is 3.71. The van der Waals surface area contributed by atoms with Gasteiger partial charge >= 0.3 is 0 Å². The summed E-state index contributed by atoms with van der Waals surface area (Å²) in [6.07, 6.45) is 0. The summed E-state index contributed by atoms with van der Waals surface area (Å²) in [5.74, 6) is 1.73. The van der Waals surface area contributed by atoms with Gasteiger partial charge in [-0.05, 0) is 22.7 Å². The molecule has 1 fully saturated rings. The standard InChI is InChI=1S/C11H21Br/c1-7(12)8-9(10(2,3)4)11(8,5)6/h7-9H,1-6H3. The quantitative estimate of drug-likeness (QED) is 0.598. The molecule has 0 spiro atoms. The third-order valence-electron chi connectivity index (χ3n) is 3.34. The zero-order chi connectivity index (χ0) is 9.73. The van der Waals surface area contributed by atoms with Gasteiger partial charge in [0.2, 0.25) is 0 Å². The second-order valence-corrected chi connectivity index (χ2v) is 7.31. The normalized spacial score (nSPS) is 36.2. The highest BCUT2D eigenvalue weighted by Crippen LogP contribution is 2.67. The van der Waals surface area contributed by atoms with Crippen LogP contribution in [-0.4, -0.2) is 4.83 Å². The van der Waals surface area contributed by atoms with Gasteiger partial charge in [0, 0.05) is 4.83 Å². The number of rotatable bonds is 1. The minimum Gasteiger partial charge on any atom is -0.0890 e. The third-order valence-corrected chi connectivity index (χ3v) is 3.91. The molecule has 1 rings (SSSR count). The van der Waals surface area contributed by atoms with Gasteiger partial charge in [-0.3, -0.25) is 0 Å². The van der Waals surface area contributed by atoms with Crippen LogP contribution in [0, 0.1) is 22.7 Å². The van der Waals surface area contributed by atoms with E-state index in [0.717, 1.165) is 11.8 Å². The molecule has 0 aromatic rings. The molecule has 0 N–H and O–H groups in total. The van der Waals surface area contributed by atoms with Gasteiger partial charge in [-0.1, -0.05) is 57.5 Å². The van der Waals surface area contributed by atoms with Crippen LogP contribution in [-0.2, 0) is 0 Å². The van der Waals surface area contributed by atoms with E-state index in [-0.39, 0.29) is 0 Å². The van der Waals surface area contributed by atoms with E-state index in [1.807, 2.05) is 0 Å². The Balaban J connectivity index is 2.73. The molecule has 0 aliphatic heterocycles. The lowest BCUT2D eigenvalue weighted by Crippen LogP contribution is -2.13. The smallest absolute Gasteiger partial charge is 0.0154 e. The lowest BCUT2D eigenvalue weighted by atomic mass is 9.85. The van der Waals surface area contributed by atoms with Crippen LogP contribution in [0.3, 0.4) is 0 Å². The zero-order valence-corrected chi connectivity index (χ0v) is 10.7. The van der Waals surface area contributed by atoms with Crippen LogP contribution in [0.4, 0.5) is 0 Å². The molecule has 0 heterocycles. The van der Waals surface area contributed by atoms with Gasteiger partial charge in [-0.15, -0.1) is 0 Å². The van der Waals surface area contributed by atoms with E-state index in [2.05, 4.69) is 57.5 Å². The van der Waals surface area contributed by atoms with Gasteiger partial charge in [-0.2, -0.15) is 0 Å². The van der Waals surface area contributed by atoms with Crippen LogP contribution in [0.15, 0.2) is 0 Å². The summed E-state index contributed by atoms with van der Waals surface area (Å²) < 4.78 is 0. The number of halogens is 1. The topological polar surface area (TPSA) is 0 Å². The van der Waals surface area contributed by atoms with Gasteiger partial charge in [0.05, 0.1) is 0 Å². The van der Waals surface area contributed by atoms with Crippen molar-refractivity contribution in [1.29, 1.82) is 0 Å². The fourth-order valence-corrected chi connectivity index (χ4v) is 4.18. The van der Waals surface area contributed by atoms with Gasteiger partial charge in [0.15, 0.2) is 0 Å². The van der Waals surface area contributed by atoms with Crippen molar-refractivity contribution < 1.29 is 0 Å². The summed E-state index contributed by atoms with van der Waals surface area (Å²) in [5.41, 5.74) is 1.01. The van der Waals surface area contributed by atoms with Crippen molar-refractivity contribution in [2.45, 2.75) is 46.4 Å². The Kier molecular flexibility index (Phi) is 2.40. The third kappa shape index (κ3) is 1.57. The van der Waals surface area contributed by atoms with E-state index in [4.69, 9.17) is 0 Å². The van der Waals surface area contributed by atoms with Crippen LogP contribution in [0.2, 0.25) is 0 Å². The van der Waals surface area contributed by atoms with Crippen molar-refractivity contribution in [3.63, 3.8) is 0 Å². The molecule has 0 aromatic carbocycles. The van der Waals surface area contributed by atoms with E-state index >= 15 is 0 Å². The summed E-state index contributed by atoms with van der Waals surface area (Å²) in [6, 6.07) is 0. The second kappa shape index (κ2) is 2.73. The van der Waals surface area contributed by atoms with E-state index < -0.39 is 0 Å². The lowest BCUT2D eigenvalue weighted by molar-refractivity contribution is 0.296. The molecule has 1 heteroatoms. The Bertz CT molecular complexity index is 174. The summed E-state index contributed by atoms with van der Waals surface area (Å²) >= 11 is 3.71. The first-order valence-corrected chi connectivity index (χ1v) is 5.74. The van der Waals surface area contributed by atoms with Crippen molar-refractivity contribution in [3.05, 3.63) is 0 Å². The molecule has 0 nitrogen and oxygen atoms in total. The summed E-state index contributed by atoms with van der Waals surface area (Å²) in [5, 5.41) is 0. The molecule has 0 aromatic heterocycles. The Morgan fingerprint density at radius 1 is 1.25 bits per heavy atom. The summed E-state index contributed by atoms with van der Waals surface area (Å²) in [4.78, 5) is 0.664. The van der Waals surface area contributed by atoms with Crippen molar-refractivity contribution in [2.75, 3.05) is 0 Å². The Hall–Kier alpha value is 0.480. The molecule has 72 valence electrons. The van der Waals surface area contributed by atoms with Crippen LogP contribution in [0.25, 0.3) is 0 Å². The predicted molar refractivity (Wildman–Crippen MR) is 58.6 cm³/mol. The van der Waals surface area contributed by atoms with Crippen molar-refractivity contribution >= 4 is 15.9 Å². The second-order valence-electron chi connectivity index (χ2n) is 5.87. The van der Waals surface area contributed by atoms with Crippen LogP contribution in [0.1, 0.15) is 41.5 Å². The molecule has 0 radical (unpaired) electrons. The van der Waals surface area contributed by atoms with Crippen LogP contribution in [0.5, 0.6) is 0 Å². The molecule has 1 saturated carbocycles. The minimum atomic E-state index is 0.468. The molecule has 0 amide bonds. The highest BCUT2D eigenvalue weighted by Gasteiger charge is 2.63. The monoisotopic (exact) mass is 232 g/mol. The average molecular weight is 233 g/mol. The molecular formula is C11H21Br. The highest BCUT2D eigenvalue weighted by atomic mass is 79.9. The fraction of sp³-hybridized carbons (Fsp3) is 1.00. The molecular weight excluding hydrogens is 212 g/mol. The van der Waals surface area contributed by atoms with Crippen molar-refractivity contribution in [2.24, 2.45) is 22.7 Å². The minimum absolute atomic E-state index is 0.468. The SMILES string of the molecule is CC(Br)C1C(C(C)(C)C)C1(C)C. The first-order chi connectivity index (χ1) is 5.19.